The van der Waals surface area contributed by atoms with E-state index in [4.69, 9.17) is 4.74 Å². The van der Waals surface area contributed by atoms with Crippen LogP contribution >= 0.6 is 0 Å². The maximum atomic E-state index is 6.34. The third kappa shape index (κ3) is 4.59. The molecule has 0 aromatic carbocycles. The van der Waals surface area contributed by atoms with E-state index in [0.29, 0.717) is 18.1 Å². The second-order valence-corrected chi connectivity index (χ2v) is 6.49. The molecule has 0 aromatic heterocycles. The van der Waals surface area contributed by atoms with Gasteiger partial charge in [0.25, 0.3) is 0 Å². The van der Waals surface area contributed by atoms with Crippen LogP contribution in [0.3, 0.4) is 0 Å². The van der Waals surface area contributed by atoms with Crippen molar-refractivity contribution in [3.63, 3.8) is 0 Å². The Balaban J connectivity index is 1.74. The highest BCUT2D eigenvalue weighted by atomic mass is 16.5. The number of nitrogens with one attached hydrogen (secondary N) is 1. The van der Waals surface area contributed by atoms with Crippen LogP contribution < -0.4 is 5.32 Å². The molecule has 17 heavy (non-hydrogen) atoms. The average Bonchev–Trinajstić information content (AvgIpc) is 3.07. The lowest BCUT2D eigenvalue weighted by atomic mass is 9.88. The van der Waals surface area contributed by atoms with Gasteiger partial charge in [0.15, 0.2) is 0 Å². The zero-order chi connectivity index (χ0) is 12.3. The predicted molar refractivity (Wildman–Crippen MR) is 72.2 cm³/mol. The highest BCUT2D eigenvalue weighted by Crippen LogP contribution is 2.28. The van der Waals surface area contributed by atoms with Gasteiger partial charge < -0.3 is 10.1 Å². The molecule has 2 aliphatic rings. The molecule has 1 N–H and O–H groups in total. The summed E-state index contributed by atoms with van der Waals surface area (Å²) in [4.78, 5) is 0. The van der Waals surface area contributed by atoms with Crippen LogP contribution in [0.1, 0.15) is 59.3 Å². The first-order valence-electron chi connectivity index (χ1n) is 7.54. The van der Waals surface area contributed by atoms with Gasteiger partial charge in [-0.25, -0.2) is 0 Å². The van der Waals surface area contributed by atoms with Crippen LogP contribution in [-0.4, -0.2) is 24.8 Å². The van der Waals surface area contributed by atoms with Gasteiger partial charge in [-0.2, -0.15) is 0 Å². The van der Waals surface area contributed by atoms with Gasteiger partial charge in [0.1, 0.15) is 0 Å². The Labute approximate surface area is 107 Å². The second kappa shape index (κ2) is 6.19. The van der Waals surface area contributed by atoms with Crippen molar-refractivity contribution < 1.29 is 4.74 Å². The molecule has 0 radical (unpaired) electrons. The summed E-state index contributed by atoms with van der Waals surface area (Å²) in [5.74, 6) is 1.48. The van der Waals surface area contributed by atoms with Crippen molar-refractivity contribution in [1.82, 2.24) is 5.32 Å². The molecule has 0 spiro atoms. The lowest BCUT2D eigenvalue weighted by Crippen LogP contribution is -2.38. The molecule has 0 aliphatic heterocycles. The summed E-state index contributed by atoms with van der Waals surface area (Å²) in [6.45, 7) is 7.98. The van der Waals surface area contributed by atoms with Crippen LogP contribution in [0.4, 0.5) is 0 Å². The Bertz CT molecular complexity index is 225. The van der Waals surface area contributed by atoms with Crippen LogP contribution in [0.5, 0.6) is 0 Å². The number of rotatable bonds is 6. The van der Waals surface area contributed by atoms with Crippen molar-refractivity contribution in [3.8, 4) is 0 Å². The Morgan fingerprint density at radius 3 is 2.53 bits per heavy atom. The molecule has 2 nitrogen and oxygen atoms in total. The second-order valence-electron chi connectivity index (χ2n) is 6.49. The minimum atomic E-state index is 0.408. The van der Waals surface area contributed by atoms with Crippen molar-refractivity contribution in [2.24, 2.45) is 11.8 Å². The molecule has 0 amide bonds. The lowest BCUT2D eigenvalue weighted by Gasteiger charge is -2.32. The topological polar surface area (TPSA) is 21.3 Å². The van der Waals surface area contributed by atoms with Gasteiger partial charge in [-0.3, -0.25) is 0 Å². The molecule has 100 valence electrons. The van der Waals surface area contributed by atoms with Crippen molar-refractivity contribution in [3.05, 3.63) is 0 Å². The summed E-state index contributed by atoms with van der Waals surface area (Å²) in [6.07, 6.45) is 8.96. The van der Waals surface area contributed by atoms with Crippen molar-refractivity contribution in [2.45, 2.75) is 77.5 Å². The van der Waals surface area contributed by atoms with Crippen LogP contribution in [0.25, 0.3) is 0 Å². The predicted octanol–water partition coefficient (Wildman–Crippen LogP) is 3.36. The molecule has 2 aliphatic carbocycles. The Hall–Kier alpha value is -0.0800. The third-order valence-corrected chi connectivity index (χ3v) is 4.18. The Kier molecular flexibility index (Phi) is 4.87. The van der Waals surface area contributed by atoms with Crippen LogP contribution in [0.2, 0.25) is 0 Å². The van der Waals surface area contributed by atoms with E-state index in [0.717, 1.165) is 18.5 Å². The van der Waals surface area contributed by atoms with E-state index in [1.165, 1.54) is 38.5 Å². The van der Waals surface area contributed by atoms with E-state index in [-0.39, 0.29) is 0 Å². The maximum Gasteiger partial charge on any atom is 0.0726 e. The van der Waals surface area contributed by atoms with Gasteiger partial charge in [-0.15, -0.1) is 0 Å². The molecule has 2 fully saturated rings. The minimum Gasteiger partial charge on any atom is -0.373 e. The van der Waals surface area contributed by atoms with Gasteiger partial charge in [0, 0.05) is 12.6 Å². The normalized spacial score (nSPS) is 31.8. The number of hydrogen-bond acceptors (Lipinski definition) is 2. The zero-order valence-corrected chi connectivity index (χ0v) is 11.7. The molecular weight excluding hydrogens is 210 g/mol. The molecule has 2 heteroatoms. The summed E-state index contributed by atoms with van der Waals surface area (Å²) in [6, 6.07) is 0.796. The molecule has 3 unspecified atom stereocenters. The van der Waals surface area contributed by atoms with Crippen LogP contribution in [0, 0.1) is 11.8 Å². The highest BCUT2D eigenvalue weighted by Gasteiger charge is 2.27. The van der Waals surface area contributed by atoms with Crippen molar-refractivity contribution in [1.29, 1.82) is 0 Å². The standard InChI is InChI=1S/C15H29NO/c1-11(2)15(10-16-13-7-8-13)17-14-6-4-5-12(3)9-14/h11-16H,4-10H2,1-3H3. The van der Waals surface area contributed by atoms with Gasteiger partial charge in [-0.1, -0.05) is 33.6 Å². The fraction of sp³-hybridized carbons (Fsp3) is 1.00. The molecule has 0 heterocycles. The first-order valence-corrected chi connectivity index (χ1v) is 7.54. The maximum absolute atomic E-state index is 6.34. The summed E-state index contributed by atoms with van der Waals surface area (Å²) in [5, 5.41) is 3.61. The van der Waals surface area contributed by atoms with E-state index < -0.39 is 0 Å². The first kappa shape index (κ1) is 13.4. The largest absolute Gasteiger partial charge is 0.373 e. The minimum absolute atomic E-state index is 0.408. The zero-order valence-electron chi connectivity index (χ0n) is 11.7. The molecule has 0 bridgehead atoms. The number of hydrogen-bond donors (Lipinski definition) is 1. The third-order valence-electron chi connectivity index (χ3n) is 4.18. The fourth-order valence-electron chi connectivity index (χ4n) is 2.76. The van der Waals surface area contributed by atoms with E-state index in [9.17, 15) is 0 Å². The summed E-state index contributed by atoms with van der Waals surface area (Å²) in [5.41, 5.74) is 0. The lowest BCUT2D eigenvalue weighted by molar-refractivity contribution is -0.0571. The van der Waals surface area contributed by atoms with Crippen molar-refractivity contribution in [2.75, 3.05) is 6.54 Å². The van der Waals surface area contributed by atoms with Crippen molar-refractivity contribution >= 4 is 0 Å². The van der Waals surface area contributed by atoms with E-state index in [1.54, 1.807) is 0 Å². The summed E-state index contributed by atoms with van der Waals surface area (Å²) in [7, 11) is 0. The molecule has 2 saturated carbocycles. The monoisotopic (exact) mass is 239 g/mol. The van der Waals surface area contributed by atoms with E-state index in [2.05, 4.69) is 26.1 Å². The highest BCUT2D eigenvalue weighted by molar-refractivity contribution is 4.83. The van der Waals surface area contributed by atoms with E-state index in [1.807, 2.05) is 0 Å². The number of ether oxygens (including phenoxy) is 1. The Morgan fingerprint density at radius 2 is 1.94 bits per heavy atom. The quantitative estimate of drug-likeness (QED) is 0.767. The summed E-state index contributed by atoms with van der Waals surface area (Å²) >= 11 is 0. The average molecular weight is 239 g/mol. The molecule has 0 saturated heterocycles. The van der Waals surface area contributed by atoms with E-state index >= 15 is 0 Å². The Morgan fingerprint density at radius 1 is 1.18 bits per heavy atom. The fourth-order valence-corrected chi connectivity index (χ4v) is 2.76. The van der Waals surface area contributed by atoms with Gasteiger partial charge in [0.05, 0.1) is 12.2 Å². The SMILES string of the molecule is CC1CCCC(OC(CNC2CC2)C(C)C)C1. The molecule has 0 aromatic rings. The first-order chi connectivity index (χ1) is 8.15. The van der Waals surface area contributed by atoms with Gasteiger partial charge in [0.2, 0.25) is 0 Å². The molecule has 3 atom stereocenters. The van der Waals surface area contributed by atoms with Gasteiger partial charge in [-0.05, 0) is 37.5 Å². The smallest absolute Gasteiger partial charge is 0.0726 e. The molecule has 2 rings (SSSR count). The van der Waals surface area contributed by atoms with Gasteiger partial charge >= 0.3 is 0 Å². The van der Waals surface area contributed by atoms with Crippen LogP contribution in [0.15, 0.2) is 0 Å². The molecular formula is C15H29NO. The summed E-state index contributed by atoms with van der Waals surface area (Å²) < 4.78 is 6.34. The van der Waals surface area contributed by atoms with Crippen LogP contribution in [-0.2, 0) is 4.74 Å².